The van der Waals surface area contributed by atoms with Crippen molar-refractivity contribution in [3.63, 3.8) is 0 Å². The van der Waals surface area contributed by atoms with Crippen molar-refractivity contribution in [2.24, 2.45) is 0 Å². The summed E-state index contributed by atoms with van der Waals surface area (Å²) >= 11 is 0. The summed E-state index contributed by atoms with van der Waals surface area (Å²) in [6, 6.07) is 0. The molecule has 2 unspecified atom stereocenters. The fourth-order valence-corrected chi connectivity index (χ4v) is 5.46. The van der Waals surface area contributed by atoms with Crippen molar-refractivity contribution in [3.05, 3.63) is 6.33 Å². The van der Waals surface area contributed by atoms with Crippen LogP contribution < -0.4 is 20.6 Å². The van der Waals surface area contributed by atoms with E-state index in [1.54, 1.807) is 13.8 Å². The molecule has 224 valence electrons. The molecular weight excluding hydrogens is 553 g/mol. The van der Waals surface area contributed by atoms with Crippen LogP contribution in [0.4, 0.5) is 5.95 Å². The molecule has 0 amide bonds. The van der Waals surface area contributed by atoms with Gasteiger partial charge < -0.3 is 39.4 Å². The summed E-state index contributed by atoms with van der Waals surface area (Å²) in [7, 11) is -2.50. The average molecular weight is 590 g/mol. The lowest BCUT2D eigenvalue weighted by atomic mass is 9.96. The Morgan fingerprint density at radius 1 is 1.18 bits per heavy atom. The van der Waals surface area contributed by atoms with E-state index in [0.29, 0.717) is 0 Å². The number of aromatic nitrogens is 4. The first kappa shape index (κ1) is 31.6. The van der Waals surface area contributed by atoms with E-state index in [1.165, 1.54) is 24.9 Å². The number of hydrogen-bond acceptors (Lipinski definition) is 14. The Kier molecular flexibility index (Phi) is 10.8. The molecule has 1 fully saturated rings. The van der Waals surface area contributed by atoms with Gasteiger partial charge in [-0.1, -0.05) is 0 Å². The SMILES string of the molecule is CCOC(=O)CCNP(=O)(NCCC(=O)OCC)OC[C@H]1O[C@@H](n2cnc3c(OC)nc(N)nc32)C(C)(O)C1O. The van der Waals surface area contributed by atoms with Crippen molar-refractivity contribution in [1.82, 2.24) is 29.7 Å². The van der Waals surface area contributed by atoms with Gasteiger partial charge in [-0.05, 0) is 20.8 Å². The van der Waals surface area contributed by atoms with Gasteiger partial charge in [0, 0.05) is 13.1 Å². The quantitative estimate of drug-likeness (QED) is 0.132. The highest BCUT2D eigenvalue weighted by molar-refractivity contribution is 7.54. The van der Waals surface area contributed by atoms with Crippen LogP contribution in [0.1, 0.15) is 39.8 Å². The van der Waals surface area contributed by atoms with E-state index in [0.717, 1.165) is 0 Å². The molecule has 40 heavy (non-hydrogen) atoms. The summed E-state index contributed by atoms with van der Waals surface area (Å²) in [5.74, 6) is -0.999. The fourth-order valence-electron chi connectivity index (χ4n) is 4.00. The third-order valence-corrected chi connectivity index (χ3v) is 7.73. The van der Waals surface area contributed by atoms with Gasteiger partial charge in [-0.2, -0.15) is 9.97 Å². The number of ether oxygens (including phenoxy) is 4. The predicted molar refractivity (Wildman–Crippen MR) is 139 cm³/mol. The summed E-state index contributed by atoms with van der Waals surface area (Å²) in [6.45, 7) is 4.48. The van der Waals surface area contributed by atoms with Gasteiger partial charge >= 0.3 is 19.6 Å². The number of nitrogens with one attached hydrogen (secondary N) is 2. The molecule has 2 aromatic rings. The Balaban J connectivity index is 1.74. The zero-order chi connectivity index (χ0) is 29.5. The summed E-state index contributed by atoms with van der Waals surface area (Å²) in [6.07, 6.45) is -2.72. The maximum Gasteiger partial charge on any atom is 0.340 e. The highest BCUT2D eigenvalue weighted by Gasteiger charge is 2.54. The van der Waals surface area contributed by atoms with Gasteiger partial charge in [-0.15, -0.1) is 0 Å². The number of nitrogens with two attached hydrogens (primary N) is 1. The maximum absolute atomic E-state index is 13.5. The molecule has 0 aromatic carbocycles. The minimum atomic E-state index is -3.89. The lowest BCUT2D eigenvalue weighted by Gasteiger charge is -2.27. The number of imidazole rings is 1. The molecule has 1 aliphatic rings. The molecule has 0 spiro atoms. The van der Waals surface area contributed by atoms with E-state index in [2.05, 4.69) is 25.1 Å². The van der Waals surface area contributed by atoms with Gasteiger partial charge in [0.15, 0.2) is 17.4 Å². The molecule has 0 aliphatic carbocycles. The molecule has 1 aliphatic heterocycles. The van der Waals surface area contributed by atoms with Gasteiger partial charge in [0.2, 0.25) is 11.8 Å². The monoisotopic (exact) mass is 589 g/mol. The fraction of sp³-hybridized carbons (Fsp3) is 0.682. The van der Waals surface area contributed by atoms with E-state index in [1.807, 2.05) is 0 Å². The number of aliphatic hydroxyl groups is 2. The number of carbonyl (C=O) groups excluding carboxylic acids is 2. The largest absolute Gasteiger partial charge is 0.479 e. The van der Waals surface area contributed by atoms with Gasteiger partial charge in [0.05, 0.1) is 46.1 Å². The lowest BCUT2D eigenvalue weighted by molar-refractivity contribution is -0.143. The first-order valence-corrected chi connectivity index (χ1v) is 14.2. The molecule has 4 atom stereocenters. The Hall–Kier alpha value is -2.92. The van der Waals surface area contributed by atoms with Crippen molar-refractivity contribution >= 4 is 36.7 Å². The minimum absolute atomic E-state index is 0.0685. The second-order valence-corrected chi connectivity index (χ2v) is 10.9. The minimum Gasteiger partial charge on any atom is -0.479 e. The first-order chi connectivity index (χ1) is 19.0. The standard InChI is InChI=1S/C22H36N7O10P/c1-5-36-14(30)7-9-25-40(34,26-10-8-15(31)37-6-2)38-11-13-17(32)22(3,33)20(39-13)29-12-24-16-18(29)27-21(23)28-19(16)35-4/h12-13,17,20,32-33H,5-11H2,1-4H3,(H2,23,27,28)(H2,25,26,34)/t13-,17?,20-,22?/m1/s1. The number of carbonyl (C=O) groups is 2. The second kappa shape index (κ2) is 13.6. The lowest BCUT2D eigenvalue weighted by Crippen LogP contribution is -2.44. The molecule has 3 heterocycles. The number of anilines is 1. The Bertz CT molecular complexity index is 1200. The van der Waals surface area contributed by atoms with Crippen LogP contribution in [0.3, 0.4) is 0 Å². The van der Waals surface area contributed by atoms with Crippen LogP contribution >= 0.6 is 7.67 Å². The molecule has 0 radical (unpaired) electrons. The van der Waals surface area contributed by atoms with Gasteiger partial charge in [0.25, 0.3) is 0 Å². The summed E-state index contributed by atoms with van der Waals surface area (Å²) < 4.78 is 41.3. The van der Waals surface area contributed by atoms with Crippen LogP contribution in [0.25, 0.3) is 11.2 Å². The normalized spacial score (nSPS) is 22.9. The number of nitrogen functional groups attached to an aromatic ring is 1. The number of esters is 2. The number of hydrogen-bond donors (Lipinski definition) is 5. The summed E-state index contributed by atoms with van der Waals surface area (Å²) in [4.78, 5) is 35.7. The van der Waals surface area contributed by atoms with E-state index in [9.17, 15) is 24.4 Å². The van der Waals surface area contributed by atoms with E-state index < -0.39 is 50.3 Å². The molecule has 0 saturated carbocycles. The van der Waals surface area contributed by atoms with Crippen LogP contribution in [-0.2, 0) is 32.9 Å². The van der Waals surface area contributed by atoms with Crippen molar-refractivity contribution in [2.75, 3.05) is 45.8 Å². The smallest absolute Gasteiger partial charge is 0.340 e. The van der Waals surface area contributed by atoms with Crippen molar-refractivity contribution in [3.8, 4) is 5.88 Å². The molecular formula is C22H36N7O10P. The van der Waals surface area contributed by atoms with Crippen molar-refractivity contribution < 1.29 is 47.8 Å². The molecule has 2 aromatic heterocycles. The van der Waals surface area contributed by atoms with Crippen molar-refractivity contribution in [1.29, 1.82) is 0 Å². The third kappa shape index (κ3) is 7.42. The molecule has 1 saturated heterocycles. The van der Waals surface area contributed by atoms with E-state index in [4.69, 9.17) is 29.2 Å². The van der Waals surface area contributed by atoms with Crippen LogP contribution in [0, 0.1) is 0 Å². The molecule has 0 bridgehead atoms. The van der Waals surface area contributed by atoms with Gasteiger partial charge in [0.1, 0.15) is 17.8 Å². The Labute approximate surface area is 230 Å². The third-order valence-electron chi connectivity index (χ3n) is 5.94. The van der Waals surface area contributed by atoms with Crippen LogP contribution in [0.2, 0.25) is 0 Å². The highest BCUT2D eigenvalue weighted by atomic mass is 31.2. The summed E-state index contributed by atoms with van der Waals surface area (Å²) in [5.41, 5.74) is 4.35. The number of nitrogens with zero attached hydrogens (tertiary/aromatic N) is 4. The number of rotatable bonds is 15. The highest BCUT2D eigenvalue weighted by Crippen LogP contribution is 2.43. The predicted octanol–water partition coefficient (Wildman–Crippen LogP) is -0.363. The Morgan fingerprint density at radius 3 is 2.33 bits per heavy atom. The molecule has 6 N–H and O–H groups in total. The first-order valence-electron chi connectivity index (χ1n) is 12.6. The molecule has 18 heteroatoms. The summed E-state index contributed by atoms with van der Waals surface area (Å²) in [5, 5.41) is 27.4. The number of fused-ring (bicyclic) bond motifs is 1. The van der Waals surface area contributed by atoms with Crippen LogP contribution in [-0.4, -0.2) is 99.5 Å². The Morgan fingerprint density at radius 2 is 1.77 bits per heavy atom. The van der Waals surface area contributed by atoms with E-state index in [-0.39, 0.29) is 62.1 Å². The number of methoxy groups -OCH3 is 1. The van der Waals surface area contributed by atoms with Crippen LogP contribution in [0.15, 0.2) is 6.33 Å². The van der Waals surface area contributed by atoms with Crippen LogP contribution in [0.5, 0.6) is 5.88 Å². The van der Waals surface area contributed by atoms with E-state index >= 15 is 0 Å². The zero-order valence-corrected chi connectivity index (χ0v) is 23.6. The molecule has 17 nitrogen and oxygen atoms in total. The van der Waals surface area contributed by atoms with Gasteiger partial charge in [-0.25, -0.2) is 15.2 Å². The second-order valence-electron chi connectivity index (χ2n) is 8.89. The number of aliphatic hydroxyl groups excluding tert-OH is 1. The van der Waals surface area contributed by atoms with Crippen molar-refractivity contribution in [2.45, 2.75) is 57.6 Å². The topological polar surface area (TPSA) is 232 Å². The molecule has 3 rings (SSSR count). The zero-order valence-electron chi connectivity index (χ0n) is 22.7. The maximum atomic E-state index is 13.5. The van der Waals surface area contributed by atoms with Gasteiger partial charge in [-0.3, -0.25) is 18.7 Å². The average Bonchev–Trinajstić information content (AvgIpc) is 3.40.